The predicted molar refractivity (Wildman–Crippen MR) is 112 cm³/mol. The summed E-state index contributed by atoms with van der Waals surface area (Å²) in [5.41, 5.74) is -0.518. The zero-order valence-corrected chi connectivity index (χ0v) is 19.3. The maximum atomic E-state index is 12.8. The standard InChI is InChI=1S/C21H35N5O5/c1-6-7-13-29-26-15-10-11-16(25(14-15)19(26)27)18-23-22-17(30-18)9-8-12-24(5)20(28)31-21(2,3)4/h15-16H,6-14H2,1-5H3/t15-,16-/m0/s1. The number of unbranched alkanes of at least 4 members (excludes halogenated alkanes) is 1. The Labute approximate surface area is 183 Å². The first-order chi connectivity index (χ1) is 14.7. The summed E-state index contributed by atoms with van der Waals surface area (Å²) in [6.07, 6.45) is 4.44. The van der Waals surface area contributed by atoms with Crippen LogP contribution in [-0.2, 0) is 16.0 Å². The molecule has 2 saturated heterocycles. The number of amides is 3. The molecule has 1 aromatic heterocycles. The van der Waals surface area contributed by atoms with Gasteiger partial charge in [-0.05, 0) is 46.5 Å². The monoisotopic (exact) mass is 437 g/mol. The van der Waals surface area contributed by atoms with Gasteiger partial charge in [0.1, 0.15) is 11.6 Å². The van der Waals surface area contributed by atoms with Crippen molar-refractivity contribution < 1.29 is 23.6 Å². The second-order valence-corrected chi connectivity index (χ2v) is 9.23. The number of ether oxygens (including phenoxy) is 1. The van der Waals surface area contributed by atoms with Gasteiger partial charge in [-0.2, -0.15) is 5.06 Å². The molecule has 2 aliphatic heterocycles. The lowest BCUT2D eigenvalue weighted by Crippen LogP contribution is -2.34. The summed E-state index contributed by atoms with van der Waals surface area (Å²) in [5.74, 6) is 0.982. The maximum Gasteiger partial charge on any atom is 0.410 e. The van der Waals surface area contributed by atoms with Crippen LogP contribution in [-0.4, -0.2) is 75.6 Å². The highest BCUT2D eigenvalue weighted by molar-refractivity contribution is 5.77. The molecule has 10 heteroatoms. The quantitative estimate of drug-likeness (QED) is 0.545. The summed E-state index contributed by atoms with van der Waals surface area (Å²) in [7, 11) is 1.71. The fourth-order valence-electron chi connectivity index (χ4n) is 3.76. The number of urea groups is 1. The van der Waals surface area contributed by atoms with Gasteiger partial charge < -0.3 is 19.0 Å². The highest BCUT2D eigenvalue weighted by Crippen LogP contribution is 2.38. The Balaban J connectivity index is 1.50. The average molecular weight is 438 g/mol. The molecule has 3 amide bonds. The van der Waals surface area contributed by atoms with Crippen molar-refractivity contribution >= 4 is 12.1 Å². The number of fused-ring (bicyclic) bond motifs is 2. The number of hydrogen-bond donors (Lipinski definition) is 0. The smallest absolute Gasteiger partial charge is 0.410 e. The number of rotatable bonds is 9. The van der Waals surface area contributed by atoms with Crippen molar-refractivity contribution in [3.8, 4) is 0 Å². The van der Waals surface area contributed by atoms with Crippen molar-refractivity contribution in [1.82, 2.24) is 25.1 Å². The van der Waals surface area contributed by atoms with E-state index in [2.05, 4.69) is 17.1 Å². The van der Waals surface area contributed by atoms with Crippen molar-refractivity contribution in [3.63, 3.8) is 0 Å². The van der Waals surface area contributed by atoms with E-state index in [4.69, 9.17) is 14.0 Å². The van der Waals surface area contributed by atoms with Crippen LogP contribution >= 0.6 is 0 Å². The van der Waals surface area contributed by atoms with E-state index in [0.29, 0.717) is 44.3 Å². The molecule has 0 aromatic carbocycles. The number of hydrogen-bond acceptors (Lipinski definition) is 7. The van der Waals surface area contributed by atoms with Gasteiger partial charge in [-0.1, -0.05) is 13.3 Å². The van der Waals surface area contributed by atoms with E-state index >= 15 is 0 Å². The van der Waals surface area contributed by atoms with Gasteiger partial charge in [0.2, 0.25) is 11.8 Å². The second-order valence-electron chi connectivity index (χ2n) is 9.23. The minimum Gasteiger partial charge on any atom is -0.444 e. The molecule has 3 rings (SSSR count). The average Bonchev–Trinajstić information content (AvgIpc) is 3.26. The number of hydroxylamine groups is 2. The molecule has 1 aromatic rings. The van der Waals surface area contributed by atoms with Gasteiger partial charge in [0.15, 0.2) is 0 Å². The largest absolute Gasteiger partial charge is 0.444 e. The first-order valence-corrected chi connectivity index (χ1v) is 11.2. The summed E-state index contributed by atoms with van der Waals surface area (Å²) < 4.78 is 11.2. The third kappa shape index (κ3) is 5.87. The molecular formula is C21H35N5O5. The molecule has 174 valence electrons. The van der Waals surface area contributed by atoms with Gasteiger partial charge in [-0.3, -0.25) is 4.84 Å². The summed E-state index contributed by atoms with van der Waals surface area (Å²) >= 11 is 0. The molecule has 0 spiro atoms. The van der Waals surface area contributed by atoms with Gasteiger partial charge in [0.05, 0.1) is 12.6 Å². The van der Waals surface area contributed by atoms with Gasteiger partial charge >= 0.3 is 12.1 Å². The molecule has 3 heterocycles. The second kappa shape index (κ2) is 9.84. The molecule has 31 heavy (non-hydrogen) atoms. The Morgan fingerprint density at radius 1 is 1.26 bits per heavy atom. The van der Waals surface area contributed by atoms with E-state index in [1.807, 2.05) is 20.8 Å². The first-order valence-electron chi connectivity index (χ1n) is 11.2. The van der Waals surface area contributed by atoms with Crippen molar-refractivity contribution in [2.75, 3.05) is 26.7 Å². The molecule has 2 bridgehead atoms. The first kappa shape index (κ1) is 23.3. The normalized spacial score (nSPS) is 21.0. The minimum absolute atomic E-state index is 0.0892. The number of nitrogens with zero attached hydrogens (tertiary/aromatic N) is 5. The maximum absolute atomic E-state index is 12.8. The summed E-state index contributed by atoms with van der Waals surface area (Å²) in [6.45, 7) is 9.31. The lowest BCUT2D eigenvalue weighted by molar-refractivity contribution is -0.130. The van der Waals surface area contributed by atoms with Crippen LogP contribution in [0.2, 0.25) is 0 Å². The van der Waals surface area contributed by atoms with Crippen LogP contribution in [0.1, 0.15) is 77.6 Å². The molecule has 0 radical (unpaired) electrons. The number of aryl methyl sites for hydroxylation is 1. The zero-order chi connectivity index (χ0) is 22.6. The summed E-state index contributed by atoms with van der Waals surface area (Å²) in [5, 5.41) is 9.87. The lowest BCUT2D eigenvalue weighted by atomic mass is 10.0. The Hall–Kier alpha value is -2.36. The fraction of sp³-hybridized carbons (Fsp3) is 0.810. The zero-order valence-electron chi connectivity index (χ0n) is 19.3. The Morgan fingerprint density at radius 2 is 2.03 bits per heavy atom. The van der Waals surface area contributed by atoms with E-state index in [-0.39, 0.29) is 24.2 Å². The third-order valence-electron chi connectivity index (χ3n) is 5.41. The molecule has 0 aliphatic carbocycles. The van der Waals surface area contributed by atoms with Crippen LogP contribution in [0.25, 0.3) is 0 Å². The van der Waals surface area contributed by atoms with Gasteiger partial charge in [-0.25, -0.2) is 9.59 Å². The van der Waals surface area contributed by atoms with Crippen molar-refractivity contribution in [1.29, 1.82) is 0 Å². The Morgan fingerprint density at radius 3 is 2.74 bits per heavy atom. The van der Waals surface area contributed by atoms with E-state index in [0.717, 1.165) is 25.7 Å². The van der Waals surface area contributed by atoms with Crippen molar-refractivity contribution in [2.24, 2.45) is 0 Å². The SMILES string of the molecule is CCCCON1C(=O)N2C[C@@H]1CC[C@H]2c1nnc(CCCN(C)C(=O)OC(C)(C)C)o1. The number of carbonyl (C=O) groups is 2. The molecular weight excluding hydrogens is 402 g/mol. The Bertz CT molecular complexity index is 762. The van der Waals surface area contributed by atoms with Gasteiger partial charge in [0, 0.05) is 26.6 Å². The highest BCUT2D eigenvalue weighted by atomic mass is 16.7. The van der Waals surface area contributed by atoms with E-state index in [1.54, 1.807) is 16.8 Å². The van der Waals surface area contributed by atoms with Crippen molar-refractivity contribution in [3.05, 3.63) is 11.8 Å². The molecule has 10 nitrogen and oxygen atoms in total. The van der Waals surface area contributed by atoms with Crippen LogP contribution in [0.4, 0.5) is 9.59 Å². The highest BCUT2D eigenvalue weighted by Gasteiger charge is 2.47. The molecule has 2 atom stereocenters. The van der Waals surface area contributed by atoms with Crippen LogP contribution in [0, 0.1) is 0 Å². The molecule has 0 N–H and O–H groups in total. The van der Waals surface area contributed by atoms with E-state index in [1.165, 1.54) is 5.06 Å². The molecule has 0 unspecified atom stereocenters. The molecule has 2 aliphatic rings. The summed E-state index contributed by atoms with van der Waals surface area (Å²) in [6, 6.07) is -0.247. The van der Waals surface area contributed by atoms with Gasteiger partial charge in [-0.15, -0.1) is 10.2 Å². The summed E-state index contributed by atoms with van der Waals surface area (Å²) in [4.78, 5) is 33.8. The number of carbonyl (C=O) groups excluding carboxylic acids is 2. The molecule has 2 fully saturated rings. The number of piperidine rings is 1. The van der Waals surface area contributed by atoms with Crippen LogP contribution < -0.4 is 0 Å². The van der Waals surface area contributed by atoms with Crippen molar-refractivity contribution in [2.45, 2.75) is 83.9 Å². The van der Waals surface area contributed by atoms with Crippen LogP contribution in [0.15, 0.2) is 4.42 Å². The van der Waals surface area contributed by atoms with Crippen LogP contribution in [0.3, 0.4) is 0 Å². The third-order valence-corrected chi connectivity index (χ3v) is 5.41. The van der Waals surface area contributed by atoms with E-state index < -0.39 is 5.60 Å². The predicted octanol–water partition coefficient (Wildman–Crippen LogP) is 3.54. The lowest BCUT2D eigenvalue weighted by Gasteiger charge is -2.27. The Kier molecular flexibility index (Phi) is 7.40. The minimum atomic E-state index is -0.518. The van der Waals surface area contributed by atoms with Crippen LogP contribution in [0.5, 0.6) is 0 Å². The van der Waals surface area contributed by atoms with E-state index in [9.17, 15) is 9.59 Å². The fourth-order valence-corrected chi connectivity index (χ4v) is 3.76. The number of aromatic nitrogens is 2. The van der Waals surface area contributed by atoms with Gasteiger partial charge in [0.25, 0.3) is 0 Å². The molecule has 0 saturated carbocycles. The topological polar surface area (TPSA) is 101 Å².